The first kappa shape index (κ1) is 15.8. The highest BCUT2D eigenvalue weighted by Crippen LogP contribution is 2.27. The second-order valence-corrected chi connectivity index (χ2v) is 6.63. The molecule has 0 spiro atoms. The van der Waals surface area contributed by atoms with Gasteiger partial charge >= 0.3 is 0 Å². The predicted octanol–water partition coefficient (Wildman–Crippen LogP) is 2.38. The Bertz CT molecular complexity index is 473. The number of hydrogen-bond donors (Lipinski definition) is 2. The van der Waals surface area contributed by atoms with E-state index < -0.39 is 5.54 Å². The van der Waals surface area contributed by atoms with Crippen LogP contribution in [-0.2, 0) is 4.79 Å². The summed E-state index contributed by atoms with van der Waals surface area (Å²) in [6.45, 7) is 9.42. The van der Waals surface area contributed by atoms with E-state index in [1.54, 1.807) is 0 Å². The molecule has 0 saturated carbocycles. The standard InChI is InChI=1S/C17H27N3O/c1-13(2)12-20-10-8-17(9-11-20,16(18)21)19-15-6-4-14(3)5-7-15/h4-7,13,19H,8-12H2,1-3H3,(H2,18,21). The lowest BCUT2D eigenvalue weighted by atomic mass is 9.86. The minimum atomic E-state index is -0.608. The molecule has 4 nitrogen and oxygen atoms in total. The van der Waals surface area contributed by atoms with E-state index in [1.807, 2.05) is 24.3 Å². The normalized spacial score (nSPS) is 18.7. The Morgan fingerprint density at radius 3 is 2.33 bits per heavy atom. The predicted molar refractivity (Wildman–Crippen MR) is 87.2 cm³/mol. The van der Waals surface area contributed by atoms with E-state index in [2.05, 4.69) is 31.0 Å². The van der Waals surface area contributed by atoms with Crippen LogP contribution in [0.4, 0.5) is 5.69 Å². The zero-order chi connectivity index (χ0) is 15.5. The number of nitrogens with one attached hydrogen (secondary N) is 1. The first-order chi connectivity index (χ1) is 9.91. The molecule has 2 rings (SSSR count). The van der Waals surface area contributed by atoms with Crippen molar-refractivity contribution < 1.29 is 4.79 Å². The molecule has 4 heteroatoms. The maximum Gasteiger partial charge on any atom is 0.243 e. The zero-order valence-corrected chi connectivity index (χ0v) is 13.4. The van der Waals surface area contributed by atoms with E-state index in [4.69, 9.17) is 5.73 Å². The van der Waals surface area contributed by atoms with E-state index in [0.717, 1.165) is 38.2 Å². The maximum absolute atomic E-state index is 12.0. The summed E-state index contributed by atoms with van der Waals surface area (Å²) < 4.78 is 0. The number of rotatable bonds is 5. The molecular formula is C17H27N3O. The number of hydrogen-bond acceptors (Lipinski definition) is 3. The average Bonchev–Trinajstić information content (AvgIpc) is 2.43. The topological polar surface area (TPSA) is 58.4 Å². The van der Waals surface area contributed by atoms with E-state index in [0.29, 0.717) is 5.92 Å². The second-order valence-electron chi connectivity index (χ2n) is 6.63. The number of nitrogens with zero attached hydrogens (tertiary/aromatic N) is 1. The molecule has 1 heterocycles. The van der Waals surface area contributed by atoms with Crippen LogP contribution in [0.25, 0.3) is 0 Å². The highest BCUT2D eigenvalue weighted by molar-refractivity contribution is 5.88. The third-order valence-corrected chi connectivity index (χ3v) is 4.24. The molecule has 1 aromatic carbocycles. The van der Waals surface area contributed by atoms with Crippen LogP contribution in [0.5, 0.6) is 0 Å². The van der Waals surface area contributed by atoms with Crippen LogP contribution in [0.2, 0.25) is 0 Å². The minimum Gasteiger partial charge on any atom is -0.371 e. The smallest absolute Gasteiger partial charge is 0.243 e. The average molecular weight is 289 g/mol. The molecule has 1 aromatic rings. The Kier molecular flexibility index (Phi) is 4.88. The summed E-state index contributed by atoms with van der Waals surface area (Å²) >= 11 is 0. The molecule has 1 fully saturated rings. The molecule has 0 atom stereocenters. The fraction of sp³-hybridized carbons (Fsp3) is 0.588. The van der Waals surface area contributed by atoms with Gasteiger partial charge in [-0.05, 0) is 37.8 Å². The molecule has 1 aliphatic rings. The molecular weight excluding hydrogens is 262 g/mol. The highest BCUT2D eigenvalue weighted by Gasteiger charge is 2.39. The van der Waals surface area contributed by atoms with Crippen molar-refractivity contribution in [1.29, 1.82) is 0 Å². The summed E-state index contributed by atoms with van der Waals surface area (Å²) in [6.07, 6.45) is 1.53. The van der Waals surface area contributed by atoms with Crippen molar-refractivity contribution in [1.82, 2.24) is 4.90 Å². The number of benzene rings is 1. The van der Waals surface area contributed by atoms with Crippen molar-refractivity contribution in [2.75, 3.05) is 25.0 Å². The summed E-state index contributed by atoms with van der Waals surface area (Å²) in [7, 11) is 0. The third kappa shape index (κ3) is 3.97. The summed E-state index contributed by atoms with van der Waals surface area (Å²) in [5.41, 5.74) is 7.28. The Labute approximate surface area is 127 Å². The summed E-state index contributed by atoms with van der Waals surface area (Å²) in [4.78, 5) is 14.4. The Morgan fingerprint density at radius 2 is 1.86 bits per heavy atom. The first-order valence-corrected chi connectivity index (χ1v) is 7.78. The monoisotopic (exact) mass is 289 g/mol. The molecule has 0 radical (unpaired) electrons. The van der Waals surface area contributed by atoms with Crippen LogP contribution in [0.15, 0.2) is 24.3 Å². The molecule has 1 saturated heterocycles. The van der Waals surface area contributed by atoms with Crippen molar-refractivity contribution in [3.8, 4) is 0 Å². The lowest BCUT2D eigenvalue weighted by molar-refractivity contribution is -0.123. The highest BCUT2D eigenvalue weighted by atomic mass is 16.1. The van der Waals surface area contributed by atoms with Crippen molar-refractivity contribution in [3.63, 3.8) is 0 Å². The van der Waals surface area contributed by atoms with Crippen molar-refractivity contribution in [2.45, 2.75) is 39.2 Å². The van der Waals surface area contributed by atoms with Gasteiger partial charge in [0.05, 0.1) is 0 Å². The third-order valence-electron chi connectivity index (χ3n) is 4.24. The Morgan fingerprint density at radius 1 is 1.29 bits per heavy atom. The molecule has 3 N–H and O–H groups in total. The van der Waals surface area contributed by atoms with Crippen molar-refractivity contribution in [2.24, 2.45) is 11.7 Å². The fourth-order valence-electron chi connectivity index (χ4n) is 2.98. The number of carbonyl (C=O) groups excluding carboxylic acids is 1. The van der Waals surface area contributed by atoms with Gasteiger partial charge in [-0.15, -0.1) is 0 Å². The number of anilines is 1. The van der Waals surface area contributed by atoms with E-state index in [-0.39, 0.29) is 5.91 Å². The van der Waals surface area contributed by atoms with Gasteiger partial charge in [-0.2, -0.15) is 0 Å². The molecule has 116 valence electrons. The summed E-state index contributed by atoms with van der Waals surface area (Å²) in [5, 5.41) is 3.39. The van der Waals surface area contributed by atoms with Gasteiger partial charge in [-0.1, -0.05) is 31.5 Å². The van der Waals surface area contributed by atoms with Crippen LogP contribution in [0, 0.1) is 12.8 Å². The van der Waals surface area contributed by atoms with Crippen LogP contribution in [-0.4, -0.2) is 36.0 Å². The van der Waals surface area contributed by atoms with Gasteiger partial charge in [0.1, 0.15) is 5.54 Å². The maximum atomic E-state index is 12.0. The number of primary amides is 1. The van der Waals surface area contributed by atoms with Gasteiger partial charge in [0.2, 0.25) is 5.91 Å². The lowest BCUT2D eigenvalue weighted by Crippen LogP contribution is -2.57. The van der Waals surface area contributed by atoms with Crippen LogP contribution in [0.1, 0.15) is 32.3 Å². The second kappa shape index (κ2) is 6.48. The summed E-state index contributed by atoms with van der Waals surface area (Å²) in [5.74, 6) is 0.406. The number of piperidine rings is 1. The molecule has 21 heavy (non-hydrogen) atoms. The largest absolute Gasteiger partial charge is 0.371 e. The van der Waals surface area contributed by atoms with Crippen LogP contribution in [0.3, 0.4) is 0 Å². The summed E-state index contributed by atoms with van der Waals surface area (Å²) in [6, 6.07) is 8.12. The first-order valence-electron chi connectivity index (χ1n) is 7.78. The number of nitrogens with two attached hydrogens (primary N) is 1. The van der Waals surface area contributed by atoms with Gasteiger partial charge < -0.3 is 16.0 Å². The number of likely N-dealkylation sites (tertiary alicyclic amines) is 1. The Hall–Kier alpha value is -1.55. The Balaban J connectivity index is 2.05. The quantitative estimate of drug-likeness (QED) is 0.875. The van der Waals surface area contributed by atoms with E-state index in [1.165, 1.54) is 5.56 Å². The molecule has 0 unspecified atom stereocenters. The molecule has 0 bridgehead atoms. The van der Waals surface area contributed by atoms with Gasteiger partial charge in [0.15, 0.2) is 0 Å². The van der Waals surface area contributed by atoms with E-state index in [9.17, 15) is 4.79 Å². The number of aryl methyl sites for hydroxylation is 1. The fourth-order valence-corrected chi connectivity index (χ4v) is 2.98. The molecule has 1 aliphatic heterocycles. The van der Waals surface area contributed by atoms with Gasteiger partial charge in [0.25, 0.3) is 0 Å². The van der Waals surface area contributed by atoms with Gasteiger partial charge in [0, 0.05) is 25.3 Å². The number of carbonyl (C=O) groups is 1. The van der Waals surface area contributed by atoms with Crippen LogP contribution < -0.4 is 11.1 Å². The van der Waals surface area contributed by atoms with Crippen LogP contribution >= 0.6 is 0 Å². The molecule has 1 amide bonds. The SMILES string of the molecule is Cc1ccc(NC2(C(N)=O)CCN(CC(C)C)CC2)cc1. The van der Waals surface area contributed by atoms with Gasteiger partial charge in [-0.3, -0.25) is 4.79 Å². The van der Waals surface area contributed by atoms with Crippen molar-refractivity contribution in [3.05, 3.63) is 29.8 Å². The molecule has 0 aliphatic carbocycles. The minimum absolute atomic E-state index is 0.243. The van der Waals surface area contributed by atoms with E-state index >= 15 is 0 Å². The van der Waals surface area contributed by atoms with Crippen molar-refractivity contribution >= 4 is 11.6 Å². The molecule has 0 aromatic heterocycles. The lowest BCUT2D eigenvalue weighted by Gasteiger charge is -2.41. The van der Waals surface area contributed by atoms with Gasteiger partial charge in [-0.25, -0.2) is 0 Å². The number of amides is 1. The zero-order valence-electron chi connectivity index (χ0n) is 13.4.